The monoisotopic (exact) mass is 494 g/mol. The third kappa shape index (κ3) is 6.88. The van der Waals surface area contributed by atoms with Gasteiger partial charge in [0.25, 0.3) is 5.95 Å². The van der Waals surface area contributed by atoms with Gasteiger partial charge in [0.15, 0.2) is 23.0 Å². The van der Waals surface area contributed by atoms with Gasteiger partial charge in [-0.3, -0.25) is 9.59 Å². The summed E-state index contributed by atoms with van der Waals surface area (Å²) in [7, 11) is 2.97. The second-order valence-corrected chi connectivity index (χ2v) is 7.09. The van der Waals surface area contributed by atoms with E-state index in [1.807, 2.05) is 0 Å². The molecule has 0 bridgehead atoms. The molecule has 12 heteroatoms. The van der Waals surface area contributed by atoms with E-state index in [-0.39, 0.29) is 30.7 Å². The van der Waals surface area contributed by atoms with Gasteiger partial charge in [0.05, 0.1) is 26.6 Å². The number of aromatic nitrogens is 3. The molecule has 1 N–H and O–H groups in total. The van der Waals surface area contributed by atoms with E-state index in [2.05, 4.69) is 25.8 Å². The SMILES string of the molecule is CCC(=O)Oc1ccc(/C=N\Nc2nncn2/N=C\c2ccc(OC(=O)CC)c(OC)c2)cc1OC. The molecular weight excluding hydrogens is 468 g/mol. The second-order valence-electron chi connectivity index (χ2n) is 7.09. The van der Waals surface area contributed by atoms with Crippen LogP contribution >= 0.6 is 0 Å². The summed E-state index contributed by atoms with van der Waals surface area (Å²) in [4.78, 5) is 23.1. The van der Waals surface area contributed by atoms with Crippen LogP contribution in [-0.2, 0) is 9.59 Å². The van der Waals surface area contributed by atoms with Crippen molar-refractivity contribution < 1.29 is 28.5 Å². The third-order valence-electron chi connectivity index (χ3n) is 4.64. The van der Waals surface area contributed by atoms with Crippen molar-refractivity contribution in [1.29, 1.82) is 0 Å². The van der Waals surface area contributed by atoms with Gasteiger partial charge in [-0.05, 0) is 47.5 Å². The van der Waals surface area contributed by atoms with Crippen molar-refractivity contribution in [2.24, 2.45) is 10.2 Å². The standard InChI is InChI=1S/C24H26N6O6/c1-5-22(31)35-18-9-7-16(11-20(18)33-3)13-25-28-24-29-26-15-30(24)27-14-17-8-10-19(21(12-17)34-4)36-23(32)6-2/h7-15H,5-6H2,1-4H3,(H,28,29)/b25-13-,27-14-. The van der Waals surface area contributed by atoms with Crippen LogP contribution < -0.4 is 24.4 Å². The molecule has 0 spiro atoms. The first-order valence-electron chi connectivity index (χ1n) is 11.0. The van der Waals surface area contributed by atoms with Crippen molar-refractivity contribution in [2.45, 2.75) is 26.7 Å². The summed E-state index contributed by atoms with van der Waals surface area (Å²) in [6.07, 6.45) is 5.02. The van der Waals surface area contributed by atoms with E-state index in [1.165, 1.54) is 31.4 Å². The van der Waals surface area contributed by atoms with Crippen molar-refractivity contribution >= 4 is 30.3 Å². The van der Waals surface area contributed by atoms with Crippen LogP contribution in [0.4, 0.5) is 5.95 Å². The lowest BCUT2D eigenvalue weighted by Crippen LogP contribution is -2.07. The maximum atomic E-state index is 11.6. The number of carbonyl (C=O) groups excluding carboxylic acids is 2. The summed E-state index contributed by atoms with van der Waals surface area (Å²) in [5.41, 5.74) is 4.16. The molecule has 0 fully saturated rings. The van der Waals surface area contributed by atoms with Gasteiger partial charge < -0.3 is 18.9 Å². The Morgan fingerprint density at radius 1 is 0.889 bits per heavy atom. The van der Waals surface area contributed by atoms with Crippen molar-refractivity contribution in [2.75, 3.05) is 19.6 Å². The smallest absolute Gasteiger partial charge is 0.311 e. The number of ether oxygens (including phenoxy) is 4. The first kappa shape index (κ1) is 25.9. The largest absolute Gasteiger partial charge is 0.493 e. The van der Waals surface area contributed by atoms with Gasteiger partial charge in [-0.15, -0.1) is 10.2 Å². The summed E-state index contributed by atoms with van der Waals surface area (Å²) in [5, 5.41) is 16.3. The molecule has 1 aromatic heterocycles. The number of benzene rings is 2. The number of hydrogen-bond acceptors (Lipinski definition) is 11. The van der Waals surface area contributed by atoms with Gasteiger partial charge in [-0.25, -0.2) is 5.43 Å². The predicted molar refractivity (Wildman–Crippen MR) is 132 cm³/mol. The average Bonchev–Trinajstić information content (AvgIpc) is 3.35. The minimum atomic E-state index is -0.357. The van der Waals surface area contributed by atoms with Crippen LogP contribution in [0, 0.1) is 0 Å². The molecule has 0 radical (unpaired) electrons. The summed E-state index contributed by atoms with van der Waals surface area (Å²) >= 11 is 0. The minimum absolute atomic E-state index is 0.255. The summed E-state index contributed by atoms with van der Waals surface area (Å²) in [6.45, 7) is 3.42. The van der Waals surface area contributed by atoms with Gasteiger partial charge in [-0.2, -0.15) is 14.9 Å². The molecule has 0 unspecified atom stereocenters. The number of esters is 2. The van der Waals surface area contributed by atoms with E-state index < -0.39 is 0 Å². The molecule has 0 amide bonds. The van der Waals surface area contributed by atoms with E-state index in [0.29, 0.717) is 34.1 Å². The molecule has 0 saturated carbocycles. The highest BCUT2D eigenvalue weighted by Gasteiger charge is 2.10. The molecule has 12 nitrogen and oxygen atoms in total. The van der Waals surface area contributed by atoms with E-state index in [9.17, 15) is 9.59 Å². The Kier molecular flexibility index (Phi) is 9.09. The normalized spacial score (nSPS) is 11.0. The molecular formula is C24H26N6O6. The van der Waals surface area contributed by atoms with Crippen molar-refractivity contribution in [1.82, 2.24) is 14.9 Å². The van der Waals surface area contributed by atoms with Gasteiger partial charge in [0, 0.05) is 12.8 Å². The number of carbonyl (C=O) groups is 2. The van der Waals surface area contributed by atoms with Crippen molar-refractivity contribution in [3.8, 4) is 23.0 Å². The zero-order chi connectivity index (χ0) is 25.9. The average molecular weight is 495 g/mol. The molecule has 2 aromatic carbocycles. The topological polar surface area (TPSA) is 139 Å². The third-order valence-corrected chi connectivity index (χ3v) is 4.64. The quantitative estimate of drug-likeness (QED) is 0.184. The zero-order valence-electron chi connectivity index (χ0n) is 20.3. The second kappa shape index (κ2) is 12.6. The Morgan fingerprint density at radius 3 is 1.97 bits per heavy atom. The first-order valence-corrected chi connectivity index (χ1v) is 11.0. The molecule has 0 atom stereocenters. The van der Waals surface area contributed by atoms with E-state index in [4.69, 9.17) is 18.9 Å². The molecule has 36 heavy (non-hydrogen) atoms. The Balaban J connectivity index is 1.68. The van der Waals surface area contributed by atoms with E-state index in [0.717, 1.165) is 0 Å². The minimum Gasteiger partial charge on any atom is -0.493 e. The maximum Gasteiger partial charge on any atom is 0.311 e. The van der Waals surface area contributed by atoms with Crippen molar-refractivity contribution in [3.63, 3.8) is 0 Å². The van der Waals surface area contributed by atoms with Crippen LogP contribution in [0.3, 0.4) is 0 Å². The Bertz CT molecular complexity index is 1270. The highest BCUT2D eigenvalue weighted by atomic mass is 16.6. The fraction of sp³-hybridized carbons (Fsp3) is 0.250. The van der Waals surface area contributed by atoms with Crippen LogP contribution in [0.15, 0.2) is 52.9 Å². The van der Waals surface area contributed by atoms with Crippen LogP contribution in [-0.4, -0.2) is 53.5 Å². The molecule has 188 valence electrons. The number of methoxy groups -OCH3 is 2. The highest BCUT2D eigenvalue weighted by molar-refractivity contribution is 5.83. The maximum absolute atomic E-state index is 11.6. The van der Waals surface area contributed by atoms with Crippen LogP contribution in [0.5, 0.6) is 23.0 Å². The Hall–Kier alpha value is -4.74. The molecule has 1 heterocycles. The number of hydrazone groups is 1. The molecule has 0 saturated heterocycles. The zero-order valence-corrected chi connectivity index (χ0v) is 20.3. The highest BCUT2D eigenvalue weighted by Crippen LogP contribution is 2.29. The number of nitrogens with one attached hydrogen (secondary N) is 1. The van der Waals surface area contributed by atoms with Gasteiger partial charge in [-0.1, -0.05) is 13.8 Å². The molecule has 0 aliphatic heterocycles. The lowest BCUT2D eigenvalue weighted by Gasteiger charge is -2.09. The number of hydrogen-bond donors (Lipinski definition) is 1. The lowest BCUT2D eigenvalue weighted by molar-refractivity contribution is -0.135. The van der Waals surface area contributed by atoms with Gasteiger partial charge >= 0.3 is 11.9 Å². The molecule has 3 rings (SSSR count). The first-order chi connectivity index (χ1) is 17.5. The molecule has 0 aliphatic carbocycles. The molecule has 3 aromatic rings. The number of rotatable bonds is 11. The van der Waals surface area contributed by atoms with E-state index in [1.54, 1.807) is 56.5 Å². The summed E-state index contributed by atoms with van der Waals surface area (Å²) in [6, 6.07) is 10.1. The van der Waals surface area contributed by atoms with Crippen LogP contribution in [0.25, 0.3) is 0 Å². The van der Waals surface area contributed by atoms with Gasteiger partial charge in [0.2, 0.25) is 0 Å². The predicted octanol–water partition coefficient (Wildman–Crippen LogP) is 3.25. The lowest BCUT2D eigenvalue weighted by atomic mass is 10.2. The van der Waals surface area contributed by atoms with E-state index >= 15 is 0 Å². The van der Waals surface area contributed by atoms with Crippen LogP contribution in [0.1, 0.15) is 37.8 Å². The summed E-state index contributed by atoms with van der Waals surface area (Å²) in [5.74, 6) is 1.02. The number of nitrogens with zero attached hydrogens (tertiary/aromatic N) is 5. The fourth-order valence-electron chi connectivity index (χ4n) is 2.77. The molecule has 0 aliphatic rings. The fourth-order valence-corrected chi connectivity index (χ4v) is 2.77. The summed E-state index contributed by atoms with van der Waals surface area (Å²) < 4.78 is 22.5. The van der Waals surface area contributed by atoms with Crippen molar-refractivity contribution in [3.05, 3.63) is 53.9 Å². The Labute approximate surface area is 207 Å². The number of anilines is 1. The van der Waals surface area contributed by atoms with Crippen LogP contribution in [0.2, 0.25) is 0 Å². The Morgan fingerprint density at radius 2 is 1.44 bits per heavy atom. The van der Waals surface area contributed by atoms with Gasteiger partial charge in [0.1, 0.15) is 6.33 Å².